The van der Waals surface area contributed by atoms with Crippen molar-refractivity contribution >= 4 is 27.3 Å². The molecule has 11 heteroatoms. The molecule has 0 radical (unpaired) electrons. The smallest absolute Gasteiger partial charge is 0.391 e. The first-order valence-corrected chi connectivity index (χ1v) is 12.7. The Balaban J connectivity index is 2.15. The van der Waals surface area contributed by atoms with Crippen LogP contribution in [0.4, 0.5) is 17.6 Å². The third-order valence-corrected chi connectivity index (χ3v) is 7.91. The highest BCUT2D eigenvalue weighted by Crippen LogP contribution is 2.33. The van der Waals surface area contributed by atoms with E-state index in [1.54, 1.807) is 6.07 Å². The minimum absolute atomic E-state index is 0.129. The highest BCUT2D eigenvalue weighted by atomic mass is 32.2. The summed E-state index contributed by atoms with van der Waals surface area (Å²) in [5.74, 6) is -2.40. The molecule has 2 atom stereocenters. The summed E-state index contributed by atoms with van der Waals surface area (Å²) in [4.78, 5) is 12.7. The predicted octanol–water partition coefficient (Wildman–Crippen LogP) is 5.77. The van der Waals surface area contributed by atoms with Crippen LogP contribution < -0.4 is 4.72 Å². The first-order chi connectivity index (χ1) is 15.4. The van der Waals surface area contributed by atoms with E-state index in [4.69, 9.17) is 0 Å². The molecule has 2 aromatic rings. The maximum Gasteiger partial charge on any atom is 0.391 e. The van der Waals surface area contributed by atoms with Crippen LogP contribution in [0.15, 0.2) is 41.3 Å². The lowest BCUT2D eigenvalue weighted by molar-refractivity contribution is -0.171. The summed E-state index contributed by atoms with van der Waals surface area (Å²) in [5, 5.41) is 0. The largest absolute Gasteiger partial charge is 0.469 e. The van der Waals surface area contributed by atoms with Crippen molar-refractivity contribution in [2.45, 2.75) is 62.6 Å². The van der Waals surface area contributed by atoms with Gasteiger partial charge in [0.25, 0.3) is 0 Å². The van der Waals surface area contributed by atoms with Gasteiger partial charge in [-0.05, 0) is 62.1 Å². The van der Waals surface area contributed by atoms with E-state index >= 15 is 0 Å². The number of alkyl halides is 3. The number of hydrogen-bond donors (Lipinski definition) is 1. The molecule has 0 aliphatic rings. The molecule has 2 unspecified atom stereocenters. The predicted molar refractivity (Wildman–Crippen MR) is 118 cm³/mol. The average Bonchev–Trinajstić information content (AvgIpc) is 3.21. The molecule has 0 aliphatic carbocycles. The van der Waals surface area contributed by atoms with Gasteiger partial charge in [-0.15, -0.1) is 11.3 Å². The van der Waals surface area contributed by atoms with Crippen molar-refractivity contribution in [1.82, 2.24) is 4.72 Å². The Labute approximate surface area is 195 Å². The number of thiophene rings is 1. The Bertz CT molecular complexity index is 1000. The molecule has 0 spiro atoms. The Hall–Kier alpha value is -1.98. The van der Waals surface area contributed by atoms with Crippen molar-refractivity contribution in [3.05, 3.63) is 52.0 Å². The molecule has 0 saturated heterocycles. The third kappa shape index (κ3) is 8.71. The van der Waals surface area contributed by atoms with Crippen molar-refractivity contribution in [1.29, 1.82) is 0 Å². The fourth-order valence-electron chi connectivity index (χ4n) is 3.15. The van der Waals surface area contributed by atoms with Crippen molar-refractivity contribution in [3.8, 4) is 0 Å². The van der Waals surface area contributed by atoms with Gasteiger partial charge in [-0.2, -0.15) is 13.2 Å². The average molecular weight is 510 g/mol. The first-order valence-electron chi connectivity index (χ1n) is 10.4. The maximum atomic E-state index is 13.2. The van der Waals surface area contributed by atoms with Gasteiger partial charge in [-0.3, -0.25) is 4.79 Å². The summed E-state index contributed by atoms with van der Waals surface area (Å²) in [6, 6.07) is 7.14. The number of sulfonamides is 1. The third-order valence-electron chi connectivity index (χ3n) is 5.17. The van der Waals surface area contributed by atoms with E-state index in [0.29, 0.717) is 17.7 Å². The molecule has 1 N–H and O–H groups in total. The van der Waals surface area contributed by atoms with Crippen LogP contribution in [-0.2, 0) is 26.0 Å². The number of esters is 1. The number of hydrogen-bond acceptors (Lipinski definition) is 5. The van der Waals surface area contributed by atoms with Crippen LogP contribution in [0.1, 0.15) is 54.8 Å². The molecule has 0 amide bonds. The van der Waals surface area contributed by atoms with Crippen molar-refractivity contribution in [2.24, 2.45) is 5.92 Å². The fourth-order valence-corrected chi connectivity index (χ4v) is 5.61. The number of carbonyl (C=O) groups is 1. The number of nitrogens with one attached hydrogen (secondary N) is 1. The van der Waals surface area contributed by atoms with E-state index in [0.717, 1.165) is 36.1 Å². The number of rotatable bonds is 12. The highest BCUT2D eigenvalue weighted by Gasteiger charge is 2.35. The highest BCUT2D eigenvalue weighted by molar-refractivity contribution is 7.89. The van der Waals surface area contributed by atoms with Crippen LogP contribution in [0.25, 0.3) is 0 Å². The lowest BCUT2D eigenvalue weighted by Crippen LogP contribution is -2.28. The number of ether oxygens (including phenoxy) is 1. The quantitative estimate of drug-likeness (QED) is 0.291. The van der Waals surface area contributed by atoms with Gasteiger partial charge in [0.05, 0.1) is 24.0 Å². The molecule has 184 valence electrons. The van der Waals surface area contributed by atoms with Gasteiger partial charge in [0.1, 0.15) is 5.82 Å². The van der Waals surface area contributed by atoms with Crippen LogP contribution >= 0.6 is 11.3 Å². The monoisotopic (exact) mass is 509 g/mol. The van der Waals surface area contributed by atoms with Crippen LogP contribution in [0, 0.1) is 11.7 Å². The molecular weight excluding hydrogens is 482 g/mol. The second-order valence-corrected chi connectivity index (χ2v) is 10.6. The molecular formula is C22H27F4NO4S2. The SMILES string of the molecule is COC(=O)CCCc1ccc(C(CCCC(C)C(F)(F)F)NS(=O)(=O)c2ccc(F)cc2)s1. The van der Waals surface area contributed by atoms with Crippen LogP contribution in [0.3, 0.4) is 0 Å². The molecule has 0 bridgehead atoms. The van der Waals surface area contributed by atoms with Crippen LogP contribution in [0.2, 0.25) is 0 Å². The standard InChI is InChI=1S/C22H27F4NO4S2/c1-15(22(24,25)26)5-3-7-19(27-33(29,30)18-12-9-16(23)10-13-18)20-14-11-17(32-20)6-4-8-21(28)31-2/h9-15,19,27H,3-8H2,1-2H3. The Morgan fingerprint density at radius 3 is 2.36 bits per heavy atom. The van der Waals surface area contributed by atoms with E-state index in [2.05, 4.69) is 9.46 Å². The summed E-state index contributed by atoms with van der Waals surface area (Å²) >= 11 is 1.34. The molecule has 1 aromatic carbocycles. The van der Waals surface area contributed by atoms with Gasteiger partial charge in [-0.1, -0.05) is 13.3 Å². The van der Waals surface area contributed by atoms with Crippen molar-refractivity contribution in [3.63, 3.8) is 0 Å². The lowest BCUT2D eigenvalue weighted by Gasteiger charge is -2.20. The first kappa shape index (κ1) is 27.3. The molecule has 5 nitrogen and oxygen atoms in total. The zero-order chi connectivity index (χ0) is 24.6. The number of carbonyl (C=O) groups excluding carboxylic acids is 1. The van der Waals surface area contributed by atoms with E-state index in [1.807, 2.05) is 6.07 Å². The van der Waals surface area contributed by atoms with Crippen molar-refractivity contribution in [2.75, 3.05) is 7.11 Å². The Kier molecular flexibility index (Phi) is 9.86. The summed E-state index contributed by atoms with van der Waals surface area (Å²) in [6.07, 6.45) is -2.71. The van der Waals surface area contributed by atoms with Gasteiger partial charge >= 0.3 is 12.1 Å². The normalized spacial score (nSPS) is 14.1. The second kappa shape index (κ2) is 11.9. The number of benzene rings is 1. The fraction of sp³-hybridized carbons (Fsp3) is 0.500. The number of methoxy groups -OCH3 is 1. The topological polar surface area (TPSA) is 72.5 Å². The van der Waals surface area contributed by atoms with Gasteiger partial charge in [0.2, 0.25) is 10.0 Å². The summed E-state index contributed by atoms with van der Waals surface area (Å²) in [7, 11) is -2.71. The molecule has 0 fully saturated rings. The van der Waals surface area contributed by atoms with Gasteiger partial charge in [-0.25, -0.2) is 17.5 Å². The van der Waals surface area contributed by atoms with Crippen molar-refractivity contribution < 1.29 is 35.5 Å². The Morgan fingerprint density at radius 2 is 1.76 bits per heavy atom. The molecule has 1 heterocycles. The number of aryl methyl sites for hydroxylation is 1. The zero-order valence-electron chi connectivity index (χ0n) is 18.3. The summed E-state index contributed by atoms with van der Waals surface area (Å²) in [6.45, 7) is 1.10. The molecule has 1 aromatic heterocycles. The van der Waals surface area contributed by atoms with Gasteiger partial charge < -0.3 is 4.74 Å². The minimum Gasteiger partial charge on any atom is -0.469 e. The maximum absolute atomic E-state index is 13.2. The van der Waals surface area contributed by atoms with E-state index < -0.39 is 34.0 Å². The second-order valence-electron chi connectivity index (χ2n) is 7.74. The van der Waals surface area contributed by atoms with Crippen LogP contribution in [0.5, 0.6) is 0 Å². The summed E-state index contributed by atoms with van der Waals surface area (Å²) in [5.41, 5.74) is 0. The molecule has 33 heavy (non-hydrogen) atoms. The van der Waals surface area contributed by atoms with E-state index in [9.17, 15) is 30.8 Å². The van der Waals surface area contributed by atoms with Gasteiger partial charge in [0, 0.05) is 16.2 Å². The molecule has 2 rings (SSSR count). The number of halogens is 4. The van der Waals surface area contributed by atoms with Gasteiger partial charge in [0.15, 0.2) is 0 Å². The molecule has 0 aliphatic heterocycles. The van der Waals surface area contributed by atoms with E-state index in [-0.39, 0.29) is 36.5 Å². The summed E-state index contributed by atoms with van der Waals surface area (Å²) < 4.78 is 84.5. The van der Waals surface area contributed by atoms with E-state index in [1.165, 1.54) is 18.4 Å². The molecule has 0 saturated carbocycles. The minimum atomic E-state index is -4.31. The van der Waals surface area contributed by atoms with Crippen LogP contribution in [-0.4, -0.2) is 27.7 Å². The Morgan fingerprint density at radius 1 is 1.09 bits per heavy atom. The lowest BCUT2D eigenvalue weighted by atomic mass is 10.0. The zero-order valence-corrected chi connectivity index (χ0v) is 20.0.